The third kappa shape index (κ3) is 3.92. The maximum Gasteiger partial charge on any atom is 0.287 e. The number of nitrogens with one attached hydrogen (secondary N) is 1. The average Bonchev–Trinajstić information content (AvgIpc) is 3.21. The van der Waals surface area contributed by atoms with E-state index in [4.69, 9.17) is 4.42 Å². The minimum atomic E-state index is -1.00. The molecular weight excluding hydrogens is 320 g/mol. The summed E-state index contributed by atoms with van der Waals surface area (Å²) < 4.78 is 7.27. The van der Waals surface area contributed by atoms with Crippen LogP contribution in [0.3, 0.4) is 0 Å². The molecule has 1 amide bonds. The summed E-state index contributed by atoms with van der Waals surface area (Å²) in [5.41, 5.74) is 0.402. The standard InChI is InChI=1S/C18H26N4O3/c1-11-8-12(2)25-16(11)17(23)19-14-7-5-6-13(14)9-22-10-15(20-21-22)18(3,4)24/h8,10,13-14,24H,5-7,9H2,1-4H3,(H,19,23)/t13-,14-/m1/s1. The number of aliphatic hydroxyl groups is 1. The zero-order valence-electron chi connectivity index (χ0n) is 15.2. The van der Waals surface area contributed by atoms with Crippen LogP contribution in [0.4, 0.5) is 0 Å². The number of hydrogen-bond donors (Lipinski definition) is 2. The van der Waals surface area contributed by atoms with E-state index in [1.54, 1.807) is 24.7 Å². The number of aryl methyl sites for hydroxylation is 2. The molecule has 3 rings (SSSR count). The minimum Gasteiger partial charge on any atom is -0.456 e. The molecule has 7 nitrogen and oxygen atoms in total. The lowest BCUT2D eigenvalue weighted by Gasteiger charge is -2.20. The van der Waals surface area contributed by atoms with Crippen LogP contribution in [0.1, 0.15) is 60.7 Å². The highest BCUT2D eigenvalue weighted by Gasteiger charge is 2.31. The molecule has 0 saturated heterocycles. The fourth-order valence-electron chi connectivity index (χ4n) is 3.45. The van der Waals surface area contributed by atoms with Gasteiger partial charge in [0.05, 0.1) is 6.20 Å². The molecule has 0 unspecified atom stereocenters. The van der Waals surface area contributed by atoms with E-state index in [0.29, 0.717) is 18.0 Å². The van der Waals surface area contributed by atoms with Gasteiger partial charge in [-0.2, -0.15) is 0 Å². The zero-order chi connectivity index (χ0) is 18.2. The Hall–Kier alpha value is -2.15. The van der Waals surface area contributed by atoms with E-state index < -0.39 is 5.60 Å². The van der Waals surface area contributed by atoms with Crippen LogP contribution in [0.15, 0.2) is 16.7 Å². The van der Waals surface area contributed by atoms with Crippen molar-refractivity contribution in [3.63, 3.8) is 0 Å². The number of hydrogen-bond acceptors (Lipinski definition) is 5. The van der Waals surface area contributed by atoms with Crippen LogP contribution in [0, 0.1) is 19.8 Å². The van der Waals surface area contributed by atoms with E-state index in [9.17, 15) is 9.90 Å². The smallest absolute Gasteiger partial charge is 0.287 e. The Morgan fingerprint density at radius 1 is 1.44 bits per heavy atom. The number of amides is 1. The van der Waals surface area contributed by atoms with E-state index in [2.05, 4.69) is 15.6 Å². The SMILES string of the molecule is Cc1cc(C)c(C(=O)N[C@@H]2CCC[C@@H]2Cn2cc(C(C)(C)O)nn2)o1. The molecule has 1 fully saturated rings. The summed E-state index contributed by atoms with van der Waals surface area (Å²) in [6.45, 7) is 7.77. The van der Waals surface area contributed by atoms with E-state index in [1.807, 2.05) is 19.9 Å². The summed E-state index contributed by atoms with van der Waals surface area (Å²) >= 11 is 0. The maximum atomic E-state index is 12.5. The average molecular weight is 346 g/mol. The fraction of sp³-hybridized carbons (Fsp3) is 0.611. The van der Waals surface area contributed by atoms with Gasteiger partial charge in [-0.05, 0) is 52.5 Å². The van der Waals surface area contributed by atoms with Gasteiger partial charge in [-0.25, -0.2) is 0 Å². The van der Waals surface area contributed by atoms with Gasteiger partial charge in [0.25, 0.3) is 5.91 Å². The number of rotatable bonds is 5. The molecular formula is C18H26N4O3. The number of nitrogens with zero attached hydrogens (tertiary/aromatic N) is 3. The molecule has 1 aliphatic carbocycles. The molecule has 136 valence electrons. The van der Waals surface area contributed by atoms with Crippen molar-refractivity contribution in [2.45, 2.75) is 65.1 Å². The molecule has 2 aromatic rings. The van der Waals surface area contributed by atoms with Gasteiger partial charge in [0, 0.05) is 18.2 Å². The van der Waals surface area contributed by atoms with Gasteiger partial charge in [0.15, 0.2) is 5.76 Å². The van der Waals surface area contributed by atoms with Gasteiger partial charge in [-0.3, -0.25) is 9.48 Å². The van der Waals surface area contributed by atoms with Gasteiger partial charge in [0.2, 0.25) is 0 Å². The molecule has 0 bridgehead atoms. The third-order valence-electron chi connectivity index (χ3n) is 4.81. The van der Waals surface area contributed by atoms with Gasteiger partial charge in [-0.15, -0.1) is 5.10 Å². The Kier molecular flexibility index (Phi) is 4.69. The van der Waals surface area contributed by atoms with Crippen LogP contribution in [0.25, 0.3) is 0 Å². The summed E-state index contributed by atoms with van der Waals surface area (Å²) in [6, 6.07) is 1.96. The Morgan fingerprint density at radius 2 is 2.20 bits per heavy atom. The number of furan rings is 1. The van der Waals surface area contributed by atoms with Crippen molar-refractivity contribution in [3.8, 4) is 0 Å². The summed E-state index contributed by atoms with van der Waals surface area (Å²) in [5, 5.41) is 21.3. The third-order valence-corrected chi connectivity index (χ3v) is 4.81. The number of carbonyl (C=O) groups is 1. The molecule has 1 saturated carbocycles. The summed E-state index contributed by atoms with van der Waals surface area (Å²) in [5.74, 6) is 1.27. The molecule has 0 radical (unpaired) electrons. The van der Waals surface area contributed by atoms with Crippen molar-refractivity contribution in [1.82, 2.24) is 20.3 Å². The van der Waals surface area contributed by atoms with Crippen LogP contribution in [0.5, 0.6) is 0 Å². The van der Waals surface area contributed by atoms with Crippen LogP contribution in [-0.4, -0.2) is 32.0 Å². The Balaban J connectivity index is 1.65. The second kappa shape index (κ2) is 6.63. The molecule has 1 aliphatic rings. The van der Waals surface area contributed by atoms with Crippen molar-refractivity contribution >= 4 is 5.91 Å². The van der Waals surface area contributed by atoms with Crippen molar-refractivity contribution in [2.24, 2.45) is 5.92 Å². The lowest BCUT2D eigenvalue weighted by molar-refractivity contribution is 0.0737. The Morgan fingerprint density at radius 3 is 2.80 bits per heavy atom. The normalized spacial score (nSPS) is 20.8. The first kappa shape index (κ1) is 17.7. The molecule has 2 N–H and O–H groups in total. The molecule has 2 aromatic heterocycles. The van der Waals surface area contributed by atoms with E-state index in [-0.39, 0.29) is 17.9 Å². The first-order valence-corrected chi connectivity index (χ1v) is 8.75. The largest absolute Gasteiger partial charge is 0.456 e. The second-order valence-corrected chi connectivity index (χ2v) is 7.52. The molecule has 25 heavy (non-hydrogen) atoms. The second-order valence-electron chi connectivity index (χ2n) is 7.52. The predicted molar refractivity (Wildman–Crippen MR) is 92.0 cm³/mol. The van der Waals surface area contributed by atoms with Crippen LogP contribution in [0.2, 0.25) is 0 Å². The molecule has 2 atom stereocenters. The van der Waals surface area contributed by atoms with E-state index in [1.165, 1.54) is 0 Å². The Bertz CT molecular complexity index is 757. The fourth-order valence-corrected chi connectivity index (χ4v) is 3.45. The van der Waals surface area contributed by atoms with Gasteiger partial charge in [-0.1, -0.05) is 11.6 Å². The van der Waals surface area contributed by atoms with Gasteiger partial charge >= 0.3 is 0 Å². The van der Waals surface area contributed by atoms with Crippen molar-refractivity contribution < 1.29 is 14.3 Å². The van der Waals surface area contributed by atoms with E-state index >= 15 is 0 Å². The molecule has 0 spiro atoms. The number of aromatic nitrogens is 3. The highest BCUT2D eigenvalue weighted by Crippen LogP contribution is 2.28. The van der Waals surface area contributed by atoms with Crippen LogP contribution < -0.4 is 5.32 Å². The summed E-state index contributed by atoms with van der Waals surface area (Å²) in [7, 11) is 0. The lowest BCUT2D eigenvalue weighted by atomic mass is 10.0. The van der Waals surface area contributed by atoms with Crippen LogP contribution in [-0.2, 0) is 12.1 Å². The molecule has 0 aromatic carbocycles. The van der Waals surface area contributed by atoms with Crippen molar-refractivity contribution in [1.29, 1.82) is 0 Å². The predicted octanol–water partition coefficient (Wildman–Crippen LogP) is 2.31. The van der Waals surface area contributed by atoms with E-state index in [0.717, 1.165) is 30.6 Å². The maximum absolute atomic E-state index is 12.5. The van der Waals surface area contributed by atoms with Crippen molar-refractivity contribution in [2.75, 3.05) is 0 Å². The zero-order valence-corrected chi connectivity index (χ0v) is 15.2. The quantitative estimate of drug-likeness (QED) is 0.866. The minimum absolute atomic E-state index is 0.0899. The monoisotopic (exact) mass is 346 g/mol. The highest BCUT2D eigenvalue weighted by atomic mass is 16.3. The van der Waals surface area contributed by atoms with Gasteiger partial charge < -0.3 is 14.8 Å². The van der Waals surface area contributed by atoms with Crippen molar-refractivity contribution in [3.05, 3.63) is 35.0 Å². The number of carbonyl (C=O) groups excluding carboxylic acids is 1. The molecule has 2 heterocycles. The van der Waals surface area contributed by atoms with Gasteiger partial charge in [0.1, 0.15) is 17.1 Å². The Labute approximate surface area is 147 Å². The summed E-state index contributed by atoms with van der Waals surface area (Å²) in [4.78, 5) is 12.5. The molecule has 7 heteroatoms. The first-order chi connectivity index (χ1) is 11.7. The summed E-state index contributed by atoms with van der Waals surface area (Å²) in [6.07, 6.45) is 4.82. The van der Waals surface area contributed by atoms with Crippen LogP contribution >= 0.6 is 0 Å². The highest BCUT2D eigenvalue weighted by molar-refractivity contribution is 5.93. The first-order valence-electron chi connectivity index (χ1n) is 8.75. The topological polar surface area (TPSA) is 93.2 Å². The molecule has 0 aliphatic heterocycles. The lowest BCUT2D eigenvalue weighted by Crippen LogP contribution is -2.39.